The van der Waals surface area contributed by atoms with E-state index in [9.17, 15) is 4.79 Å². The summed E-state index contributed by atoms with van der Waals surface area (Å²) < 4.78 is 12.2. The highest BCUT2D eigenvalue weighted by molar-refractivity contribution is 5.92. The van der Waals surface area contributed by atoms with Gasteiger partial charge in [0.1, 0.15) is 11.4 Å². The van der Waals surface area contributed by atoms with Crippen LogP contribution in [-0.2, 0) is 4.74 Å². The number of ether oxygens (including phenoxy) is 2. The number of pyridine rings is 1. The molecule has 3 heterocycles. The van der Waals surface area contributed by atoms with Gasteiger partial charge < -0.3 is 14.4 Å². The predicted molar refractivity (Wildman–Crippen MR) is 110 cm³/mol. The minimum absolute atomic E-state index is 0.00393. The monoisotopic (exact) mass is 389 g/mol. The summed E-state index contributed by atoms with van der Waals surface area (Å²) in [6.07, 6.45) is 3.20. The number of likely N-dealkylation sites (tertiary alicyclic amines) is 1. The lowest BCUT2D eigenvalue weighted by atomic mass is 9.88. The van der Waals surface area contributed by atoms with Gasteiger partial charge in [0, 0.05) is 26.2 Å². The van der Waals surface area contributed by atoms with Crippen molar-refractivity contribution in [3.05, 3.63) is 23.5 Å². The fourth-order valence-corrected chi connectivity index (χ4v) is 4.24. The van der Waals surface area contributed by atoms with Gasteiger partial charge in [0.25, 0.3) is 5.91 Å². The number of likely N-dealkylation sites (N-methyl/N-ethyl adjacent to an activating group) is 1. The van der Waals surface area contributed by atoms with Crippen molar-refractivity contribution < 1.29 is 14.3 Å². The Kier molecular flexibility index (Phi) is 6.61. The molecular formula is C22H35N3O3. The molecule has 1 spiro atoms. The van der Waals surface area contributed by atoms with Gasteiger partial charge in [-0.1, -0.05) is 13.8 Å². The normalized spacial score (nSPS) is 22.6. The summed E-state index contributed by atoms with van der Waals surface area (Å²) in [6, 6.07) is 3.64. The van der Waals surface area contributed by atoms with E-state index in [0.29, 0.717) is 11.8 Å². The number of piperidine rings is 1. The van der Waals surface area contributed by atoms with Crippen LogP contribution in [0.3, 0.4) is 0 Å². The molecule has 0 aliphatic carbocycles. The van der Waals surface area contributed by atoms with Crippen LogP contribution in [0.1, 0.15) is 63.1 Å². The van der Waals surface area contributed by atoms with Crippen molar-refractivity contribution >= 4 is 5.91 Å². The molecule has 1 amide bonds. The van der Waals surface area contributed by atoms with Crippen LogP contribution >= 0.6 is 0 Å². The Labute approximate surface area is 169 Å². The van der Waals surface area contributed by atoms with Crippen LogP contribution in [0.4, 0.5) is 0 Å². The molecule has 6 heteroatoms. The van der Waals surface area contributed by atoms with Crippen molar-refractivity contribution in [2.24, 2.45) is 0 Å². The molecule has 0 aromatic carbocycles. The van der Waals surface area contributed by atoms with Crippen molar-refractivity contribution in [3.63, 3.8) is 0 Å². The van der Waals surface area contributed by atoms with Crippen LogP contribution in [0.15, 0.2) is 12.1 Å². The second-order valence-electron chi connectivity index (χ2n) is 8.40. The van der Waals surface area contributed by atoms with Gasteiger partial charge in [-0.3, -0.25) is 9.69 Å². The molecule has 0 N–H and O–H groups in total. The van der Waals surface area contributed by atoms with Gasteiger partial charge in [0.05, 0.1) is 23.5 Å². The molecule has 1 aromatic rings. The number of morpholine rings is 1. The molecule has 156 valence electrons. The van der Waals surface area contributed by atoms with Gasteiger partial charge >= 0.3 is 0 Å². The SMILES string of the molecule is CCC1CN(CC)CC2(CCN(C(=O)c3ccc(OC(C)C)c(C)n3)CC2)O1. The smallest absolute Gasteiger partial charge is 0.272 e. The lowest BCUT2D eigenvalue weighted by Crippen LogP contribution is -2.60. The first-order valence-corrected chi connectivity index (χ1v) is 10.7. The summed E-state index contributed by atoms with van der Waals surface area (Å²) in [5.74, 6) is 0.745. The summed E-state index contributed by atoms with van der Waals surface area (Å²) in [4.78, 5) is 21.9. The maximum atomic E-state index is 13.0. The molecular weight excluding hydrogens is 354 g/mol. The fourth-order valence-electron chi connectivity index (χ4n) is 4.24. The lowest BCUT2D eigenvalue weighted by molar-refractivity contribution is -0.172. The van der Waals surface area contributed by atoms with Crippen LogP contribution in [0, 0.1) is 6.92 Å². The molecule has 28 heavy (non-hydrogen) atoms. The van der Waals surface area contributed by atoms with E-state index in [0.717, 1.165) is 63.4 Å². The summed E-state index contributed by atoms with van der Waals surface area (Å²) in [6.45, 7) is 14.7. The zero-order valence-electron chi connectivity index (χ0n) is 18.0. The third-order valence-corrected chi connectivity index (χ3v) is 5.87. The number of hydrogen-bond donors (Lipinski definition) is 0. The van der Waals surface area contributed by atoms with Gasteiger partial charge in [0.2, 0.25) is 0 Å². The molecule has 6 nitrogen and oxygen atoms in total. The third-order valence-electron chi connectivity index (χ3n) is 5.87. The fraction of sp³-hybridized carbons (Fsp3) is 0.727. The first-order valence-electron chi connectivity index (χ1n) is 10.7. The Morgan fingerprint density at radius 3 is 2.61 bits per heavy atom. The molecule has 1 atom stereocenters. The van der Waals surface area contributed by atoms with Gasteiger partial charge in [-0.25, -0.2) is 4.98 Å². The highest BCUT2D eigenvalue weighted by Crippen LogP contribution is 2.33. The van der Waals surface area contributed by atoms with Crippen LogP contribution < -0.4 is 4.74 Å². The maximum absolute atomic E-state index is 13.0. The molecule has 3 rings (SSSR count). The zero-order chi connectivity index (χ0) is 20.3. The van der Waals surface area contributed by atoms with Gasteiger partial charge in [0.15, 0.2) is 0 Å². The average Bonchev–Trinajstić information content (AvgIpc) is 2.68. The summed E-state index contributed by atoms with van der Waals surface area (Å²) in [5, 5.41) is 0. The van der Waals surface area contributed by atoms with Crippen LogP contribution in [0.2, 0.25) is 0 Å². The van der Waals surface area contributed by atoms with Crippen molar-refractivity contribution in [3.8, 4) is 5.75 Å². The molecule has 0 radical (unpaired) electrons. The highest BCUT2D eigenvalue weighted by Gasteiger charge is 2.43. The van der Waals surface area contributed by atoms with E-state index >= 15 is 0 Å². The van der Waals surface area contributed by atoms with Gasteiger partial charge in [-0.2, -0.15) is 0 Å². The number of hydrogen-bond acceptors (Lipinski definition) is 5. The number of aromatic nitrogens is 1. The summed E-state index contributed by atoms with van der Waals surface area (Å²) in [7, 11) is 0. The van der Waals surface area contributed by atoms with E-state index in [4.69, 9.17) is 9.47 Å². The largest absolute Gasteiger partial charge is 0.489 e. The van der Waals surface area contributed by atoms with Crippen molar-refractivity contribution in [1.29, 1.82) is 0 Å². The average molecular weight is 390 g/mol. The minimum Gasteiger partial charge on any atom is -0.489 e. The molecule has 2 aliphatic rings. The second kappa shape index (κ2) is 8.78. The Hall–Kier alpha value is -1.66. The summed E-state index contributed by atoms with van der Waals surface area (Å²) >= 11 is 0. The first-order chi connectivity index (χ1) is 13.4. The number of amides is 1. The topological polar surface area (TPSA) is 54.9 Å². The molecule has 2 fully saturated rings. The van der Waals surface area contributed by atoms with E-state index < -0.39 is 0 Å². The second-order valence-corrected chi connectivity index (χ2v) is 8.40. The standard InChI is InChI=1S/C22H35N3O3/c1-6-18-14-24(7-2)15-22(28-18)10-12-25(13-11-22)21(26)19-8-9-20(17(5)23-19)27-16(3)4/h8-9,16,18H,6-7,10-15H2,1-5H3. The molecule has 1 unspecified atom stereocenters. The number of carbonyl (C=O) groups is 1. The Bertz CT molecular complexity index is 670. The zero-order valence-corrected chi connectivity index (χ0v) is 18.0. The Morgan fingerprint density at radius 2 is 2.04 bits per heavy atom. The van der Waals surface area contributed by atoms with Gasteiger partial charge in [-0.05, 0) is 58.7 Å². The quantitative estimate of drug-likeness (QED) is 0.774. The van der Waals surface area contributed by atoms with E-state index in [-0.39, 0.29) is 17.6 Å². The number of rotatable bonds is 5. The number of aryl methyl sites for hydroxylation is 1. The maximum Gasteiger partial charge on any atom is 0.272 e. The van der Waals surface area contributed by atoms with E-state index in [1.54, 1.807) is 6.07 Å². The molecule has 2 saturated heterocycles. The van der Waals surface area contributed by atoms with Crippen molar-refractivity contribution in [1.82, 2.24) is 14.8 Å². The van der Waals surface area contributed by atoms with Crippen LogP contribution in [0.5, 0.6) is 5.75 Å². The number of nitrogens with zero attached hydrogens (tertiary/aromatic N) is 3. The van der Waals surface area contributed by atoms with E-state index in [2.05, 4.69) is 23.7 Å². The minimum atomic E-state index is -0.107. The highest BCUT2D eigenvalue weighted by atomic mass is 16.5. The Morgan fingerprint density at radius 1 is 1.32 bits per heavy atom. The van der Waals surface area contributed by atoms with Crippen LogP contribution in [-0.4, -0.2) is 71.2 Å². The molecule has 1 aromatic heterocycles. The van der Waals surface area contributed by atoms with E-state index in [1.165, 1.54) is 0 Å². The molecule has 2 aliphatic heterocycles. The predicted octanol–water partition coefficient (Wildman–Crippen LogP) is 3.28. The number of carbonyl (C=O) groups excluding carboxylic acids is 1. The van der Waals surface area contributed by atoms with Crippen molar-refractivity contribution in [2.45, 2.75) is 71.7 Å². The third kappa shape index (κ3) is 4.66. The first kappa shape index (κ1) is 21.1. The molecule has 0 saturated carbocycles. The lowest BCUT2D eigenvalue weighted by Gasteiger charge is -2.49. The van der Waals surface area contributed by atoms with Gasteiger partial charge in [-0.15, -0.1) is 0 Å². The van der Waals surface area contributed by atoms with Crippen LogP contribution in [0.25, 0.3) is 0 Å². The molecule has 0 bridgehead atoms. The van der Waals surface area contributed by atoms with E-state index in [1.807, 2.05) is 31.7 Å². The Balaban J connectivity index is 1.64. The summed E-state index contributed by atoms with van der Waals surface area (Å²) in [5.41, 5.74) is 1.15. The van der Waals surface area contributed by atoms with Crippen molar-refractivity contribution in [2.75, 3.05) is 32.7 Å².